The van der Waals surface area contributed by atoms with Gasteiger partial charge in [0, 0.05) is 24.9 Å². The van der Waals surface area contributed by atoms with Crippen LogP contribution < -0.4 is 0 Å². The average molecular weight is 291 g/mol. The van der Waals surface area contributed by atoms with Crippen LogP contribution in [-0.4, -0.2) is 61.2 Å². The van der Waals surface area contributed by atoms with Crippen LogP contribution in [0.1, 0.15) is 27.2 Å². The van der Waals surface area contributed by atoms with Gasteiger partial charge < -0.3 is 14.4 Å². The van der Waals surface area contributed by atoms with Gasteiger partial charge in [0.05, 0.1) is 25.9 Å². The van der Waals surface area contributed by atoms with Gasteiger partial charge >= 0.3 is 5.97 Å². The van der Waals surface area contributed by atoms with Crippen molar-refractivity contribution in [3.63, 3.8) is 0 Å². The Balaban J connectivity index is 4.30. The molecule has 112 valence electrons. The third-order valence-corrected chi connectivity index (χ3v) is 3.62. The zero-order valence-corrected chi connectivity index (χ0v) is 13.3. The molecule has 0 saturated carbocycles. The quantitative estimate of drug-likeness (QED) is 0.635. The van der Waals surface area contributed by atoms with Crippen LogP contribution in [0.4, 0.5) is 0 Å². The Hall–Kier alpha value is -0.750. The first-order chi connectivity index (χ1) is 8.80. The first-order valence-corrected chi connectivity index (χ1v) is 7.26. The van der Waals surface area contributed by atoms with E-state index in [1.165, 1.54) is 7.11 Å². The molecule has 0 N–H and O–H groups in total. The van der Waals surface area contributed by atoms with Gasteiger partial charge in [-0.05, 0) is 0 Å². The molecule has 5 nitrogen and oxygen atoms in total. The van der Waals surface area contributed by atoms with Gasteiger partial charge in [0.1, 0.15) is 0 Å². The number of amides is 1. The van der Waals surface area contributed by atoms with E-state index >= 15 is 0 Å². The van der Waals surface area contributed by atoms with Gasteiger partial charge in [0.15, 0.2) is 0 Å². The van der Waals surface area contributed by atoms with Gasteiger partial charge in [-0.1, -0.05) is 20.8 Å². The molecule has 0 atom stereocenters. The van der Waals surface area contributed by atoms with Crippen LogP contribution in [0, 0.1) is 0 Å². The molecule has 0 fully saturated rings. The molecule has 0 unspecified atom stereocenters. The van der Waals surface area contributed by atoms with Gasteiger partial charge in [-0.2, -0.15) is 0 Å². The molecule has 0 rings (SSSR count). The Morgan fingerprint density at radius 3 is 2.26 bits per heavy atom. The molecule has 0 aliphatic rings. The molecule has 0 aromatic heterocycles. The normalized spacial score (nSPS) is 11.2. The second kappa shape index (κ2) is 9.20. The van der Waals surface area contributed by atoms with Crippen LogP contribution in [0.15, 0.2) is 0 Å². The average Bonchev–Trinajstić information content (AvgIpc) is 2.34. The van der Waals surface area contributed by atoms with Crippen LogP contribution in [0.2, 0.25) is 0 Å². The molecule has 6 heteroatoms. The lowest BCUT2D eigenvalue weighted by molar-refractivity contribution is -0.141. The van der Waals surface area contributed by atoms with Crippen molar-refractivity contribution in [2.24, 2.45) is 0 Å². The summed E-state index contributed by atoms with van der Waals surface area (Å²) in [5.74, 6) is 0.133. The number of hydrogen-bond donors (Lipinski definition) is 0. The molecule has 0 aromatic carbocycles. The number of carbonyl (C=O) groups excluding carboxylic acids is 2. The fourth-order valence-corrected chi connectivity index (χ4v) is 2.00. The van der Waals surface area contributed by atoms with Crippen molar-refractivity contribution in [2.75, 3.05) is 39.7 Å². The number of rotatable bonds is 8. The van der Waals surface area contributed by atoms with Gasteiger partial charge in [-0.15, -0.1) is 11.8 Å². The standard InChI is InChI=1S/C13H25NO4S/c1-13(2,3)19-10-11(15)14(8-9-17-4)7-6-12(16)18-5/h6-10H2,1-5H3. The van der Waals surface area contributed by atoms with Crippen molar-refractivity contribution in [2.45, 2.75) is 31.9 Å². The fourth-order valence-electron chi connectivity index (χ4n) is 1.26. The summed E-state index contributed by atoms with van der Waals surface area (Å²) in [7, 11) is 2.94. The van der Waals surface area contributed by atoms with E-state index in [1.807, 2.05) is 0 Å². The molecule has 0 saturated heterocycles. The first-order valence-electron chi connectivity index (χ1n) is 6.27. The van der Waals surface area contributed by atoms with Gasteiger partial charge in [-0.3, -0.25) is 9.59 Å². The molecule has 0 heterocycles. The molecule has 0 aliphatic heterocycles. The number of hydrogen-bond acceptors (Lipinski definition) is 5. The highest BCUT2D eigenvalue weighted by atomic mass is 32.2. The Kier molecular flexibility index (Phi) is 8.84. The SMILES string of the molecule is COCCN(CCC(=O)OC)C(=O)CSC(C)(C)C. The van der Waals surface area contributed by atoms with Crippen LogP contribution in [-0.2, 0) is 19.1 Å². The Bertz CT molecular complexity index is 289. The van der Waals surface area contributed by atoms with E-state index in [-0.39, 0.29) is 23.0 Å². The summed E-state index contributed by atoms with van der Waals surface area (Å²) in [6, 6.07) is 0. The Morgan fingerprint density at radius 2 is 1.79 bits per heavy atom. The Labute approximate surface area is 120 Å². The topological polar surface area (TPSA) is 55.8 Å². The van der Waals surface area contributed by atoms with Crippen molar-refractivity contribution < 1.29 is 19.1 Å². The van der Waals surface area contributed by atoms with E-state index in [0.29, 0.717) is 25.4 Å². The van der Waals surface area contributed by atoms with Gasteiger partial charge in [0.2, 0.25) is 5.91 Å². The van der Waals surface area contributed by atoms with Crippen molar-refractivity contribution in [1.29, 1.82) is 0 Å². The highest BCUT2D eigenvalue weighted by molar-refractivity contribution is 8.01. The van der Waals surface area contributed by atoms with E-state index < -0.39 is 0 Å². The van der Waals surface area contributed by atoms with Crippen LogP contribution in [0.25, 0.3) is 0 Å². The third-order valence-electron chi connectivity index (χ3n) is 2.36. The van der Waals surface area contributed by atoms with Crippen LogP contribution in [0.3, 0.4) is 0 Å². The summed E-state index contributed by atoms with van der Waals surface area (Å²) >= 11 is 1.60. The first kappa shape index (κ1) is 18.2. The van der Waals surface area contributed by atoms with Crippen LogP contribution in [0.5, 0.6) is 0 Å². The smallest absolute Gasteiger partial charge is 0.307 e. The number of methoxy groups -OCH3 is 2. The number of carbonyl (C=O) groups is 2. The highest BCUT2D eigenvalue weighted by Gasteiger charge is 2.18. The summed E-state index contributed by atoms with van der Waals surface area (Å²) in [5.41, 5.74) is 0. The second-order valence-electron chi connectivity index (χ2n) is 5.10. The summed E-state index contributed by atoms with van der Waals surface area (Å²) < 4.78 is 9.62. The predicted molar refractivity (Wildman–Crippen MR) is 77.3 cm³/mol. The predicted octanol–water partition coefficient (Wildman–Crippen LogP) is 1.56. The zero-order chi connectivity index (χ0) is 14.9. The summed E-state index contributed by atoms with van der Waals surface area (Å²) in [5, 5.41) is 0. The monoisotopic (exact) mass is 291 g/mol. The molecule has 19 heavy (non-hydrogen) atoms. The molecule has 0 spiro atoms. The number of nitrogens with zero attached hydrogens (tertiary/aromatic N) is 1. The largest absolute Gasteiger partial charge is 0.469 e. The molecule has 0 aliphatic carbocycles. The number of esters is 1. The second-order valence-corrected chi connectivity index (χ2v) is 6.90. The lowest BCUT2D eigenvalue weighted by Crippen LogP contribution is -2.37. The van der Waals surface area contributed by atoms with Crippen LogP contribution >= 0.6 is 11.8 Å². The minimum absolute atomic E-state index is 0.0286. The minimum atomic E-state index is -0.307. The molecule has 1 amide bonds. The van der Waals surface area contributed by atoms with E-state index in [1.54, 1.807) is 23.8 Å². The molecular weight excluding hydrogens is 266 g/mol. The molecule has 0 radical (unpaired) electrons. The maximum absolute atomic E-state index is 12.1. The summed E-state index contributed by atoms with van der Waals surface area (Å²) in [4.78, 5) is 24.9. The molecule has 0 bridgehead atoms. The van der Waals surface area contributed by atoms with E-state index in [2.05, 4.69) is 25.5 Å². The van der Waals surface area contributed by atoms with Crippen molar-refractivity contribution in [3.05, 3.63) is 0 Å². The van der Waals surface area contributed by atoms with Gasteiger partial charge in [-0.25, -0.2) is 0 Å². The van der Waals surface area contributed by atoms with E-state index in [0.717, 1.165) is 0 Å². The lowest BCUT2D eigenvalue weighted by atomic mass is 10.3. The maximum Gasteiger partial charge on any atom is 0.307 e. The summed E-state index contributed by atoms with van der Waals surface area (Å²) in [6.07, 6.45) is 0.214. The molecular formula is C13H25NO4S. The fraction of sp³-hybridized carbons (Fsp3) is 0.846. The van der Waals surface area contributed by atoms with Crippen molar-refractivity contribution in [1.82, 2.24) is 4.90 Å². The van der Waals surface area contributed by atoms with Crippen molar-refractivity contribution in [3.8, 4) is 0 Å². The maximum atomic E-state index is 12.1. The number of thioether (sulfide) groups is 1. The van der Waals surface area contributed by atoms with E-state index in [9.17, 15) is 9.59 Å². The summed E-state index contributed by atoms with van der Waals surface area (Å²) in [6.45, 7) is 7.54. The lowest BCUT2D eigenvalue weighted by Gasteiger charge is -2.24. The highest BCUT2D eigenvalue weighted by Crippen LogP contribution is 2.23. The van der Waals surface area contributed by atoms with Crippen molar-refractivity contribution >= 4 is 23.6 Å². The number of ether oxygens (including phenoxy) is 2. The zero-order valence-electron chi connectivity index (χ0n) is 12.5. The third kappa shape index (κ3) is 9.78. The minimum Gasteiger partial charge on any atom is -0.469 e. The van der Waals surface area contributed by atoms with Gasteiger partial charge in [0.25, 0.3) is 0 Å². The van der Waals surface area contributed by atoms with E-state index in [4.69, 9.17) is 4.74 Å². The Morgan fingerprint density at radius 1 is 1.16 bits per heavy atom. The molecule has 0 aromatic rings.